The van der Waals surface area contributed by atoms with Crippen LogP contribution < -0.4 is 0 Å². The van der Waals surface area contributed by atoms with Crippen LogP contribution in [0.25, 0.3) is 0 Å². The Bertz CT molecular complexity index is 468. The number of hydrogen-bond donors (Lipinski definition) is 1. The highest BCUT2D eigenvalue weighted by Gasteiger charge is 2.22. The molecule has 0 atom stereocenters. The molecule has 1 aromatic rings. The molecule has 0 spiro atoms. The number of amides is 1. The van der Waals surface area contributed by atoms with Gasteiger partial charge < -0.3 is 10.0 Å². The van der Waals surface area contributed by atoms with Gasteiger partial charge in [0.25, 0.3) is 0 Å². The molecule has 0 unspecified atom stereocenters. The number of carboxylic acids is 1. The highest BCUT2D eigenvalue weighted by atomic mass is 16.4. The fourth-order valence-corrected chi connectivity index (χ4v) is 2.76. The number of likely N-dealkylation sites (tertiary alicyclic amines) is 1. The summed E-state index contributed by atoms with van der Waals surface area (Å²) in [5, 5.41) is 8.69. The molecular formula is C16H22N2O3. The van der Waals surface area contributed by atoms with Crippen molar-refractivity contribution in [2.45, 2.75) is 38.5 Å². The van der Waals surface area contributed by atoms with E-state index in [0.29, 0.717) is 12.3 Å². The van der Waals surface area contributed by atoms with Gasteiger partial charge in [-0.25, -0.2) is 0 Å². The van der Waals surface area contributed by atoms with Gasteiger partial charge in [-0.1, -0.05) is 0 Å². The summed E-state index contributed by atoms with van der Waals surface area (Å²) >= 11 is 0. The van der Waals surface area contributed by atoms with Gasteiger partial charge in [0.2, 0.25) is 5.91 Å². The molecule has 2 rings (SSSR count). The highest BCUT2D eigenvalue weighted by Crippen LogP contribution is 2.22. The number of aryl methyl sites for hydroxylation is 1. The SMILES string of the molecule is O=C(O)CCC1CCN(C(=O)CCc2ccncc2)CC1. The first-order valence-electron chi connectivity index (χ1n) is 7.53. The molecule has 0 aromatic carbocycles. The molecule has 0 aliphatic carbocycles. The molecule has 0 bridgehead atoms. The van der Waals surface area contributed by atoms with Crippen LogP contribution in [0.5, 0.6) is 0 Å². The summed E-state index contributed by atoms with van der Waals surface area (Å²) in [6.45, 7) is 1.53. The van der Waals surface area contributed by atoms with Crippen LogP contribution in [0.1, 0.15) is 37.7 Å². The van der Waals surface area contributed by atoms with Gasteiger partial charge in [0.1, 0.15) is 0 Å². The van der Waals surface area contributed by atoms with Gasteiger partial charge in [-0.05, 0) is 49.3 Å². The van der Waals surface area contributed by atoms with Crippen molar-refractivity contribution in [1.82, 2.24) is 9.88 Å². The third-order valence-corrected chi connectivity index (χ3v) is 4.11. The molecule has 2 heterocycles. The number of aromatic nitrogens is 1. The van der Waals surface area contributed by atoms with E-state index in [1.165, 1.54) is 0 Å². The molecule has 1 saturated heterocycles. The summed E-state index contributed by atoms with van der Waals surface area (Å²) < 4.78 is 0. The van der Waals surface area contributed by atoms with Crippen molar-refractivity contribution in [2.75, 3.05) is 13.1 Å². The maximum Gasteiger partial charge on any atom is 0.303 e. The zero-order valence-electron chi connectivity index (χ0n) is 12.2. The Morgan fingerprint density at radius 3 is 2.48 bits per heavy atom. The number of carbonyl (C=O) groups is 2. The minimum Gasteiger partial charge on any atom is -0.481 e. The summed E-state index contributed by atoms with van der Waals surface area (Å²) in [6, 6.07) is 3.87. The number of carbonyl (C=O) groups excluding carboxylic acids is 1. The standard InChI is InChI=1S/C16H22N2O3/c19-15(3-1-13-5-9-17-10-6-13)18-11-7-14(8-12-18)2-4-16(20)21/h5-6,9-10,14H,1-4,7-8,11-12H2,(H,20,21). The van der Waals surface area contributed by atoms with Crippen LogP contribution in [0, 0.1) is 5.92 Å². The summed E-state index contributed by atoms with van der Waals surface area (Å²) in [4.78, 5) is 28.6. The molecule has 5 nitrogen and oxygen atoms in total. The van der Waals surface area contributed by atoms with E-state index in [0.717, 1.165) is 44.3 Å². The summed E-state index contributed by atoms with van der Waals surface area (Å²) in [5.41, 5.74) is 1.13. The zero-order valence-corrected chi connectivity index (χ0v) is 12.2. The average Bonchev–Trinajstić information content (AvgIpc) is 2.52. The van der Waals surface area contributed by atoms with Crippen molar-refractivity contribution in [3.8, 4) is 0 Å². The third-order valence-electron chi connectivity index (χ3n) is 4.11. The van der Waals surface area contributed by atoms with Crippen molar-refractivity contribution in [3.05, 3.63) is 30.1 Å². The minimum absolute atomic E-state index is 0.198. The summed E-state index contributed by atoms with van der Waals surface area (Å²) in [6.07, 6.45) is 7.59. The quantitative estimate of drug-likeness (QED) is 0.871. The number of carboxylic acid groups (broad SMARTS) is 1. The molecule has 1 fully saturated rings. The van der Waals surface area contributed by atoms with Crippen molar-refractivity contribution in [3.63, 3.8) is 0 Å². The normalized spacial score (nSPS) is 15.9. The molecule has 1 aromatic heterocycles. The molecule has 1 N–H and O–H groups in total. The molecular weight excluding hydrogens is 268 g/mol. The smallest absolute Gasteiger partial charge is 0.303 e. The lowest BCUT2D eigenvalue weighted by atomic mass is 9.92. The van der Waals surface area contributed by atoms with E-state index in [-0.39, 0.29) is 12.3 Å². The fraction of sp³-hybridized carbons (Fsp3) is 0.562. The third kappa shape index (κ3) is 5.17. The number of aliphatic carboxylic acids is 1. The second-order valence-electron chi connectivity index (χ2n) is 5.61. The van der Waals surface area contributed by atoms with Gasteiger partial charge in [-0.15, -0.1) is 0 Å². The Morgan fingerprint density at radius 1 is 1.19 bits per heavy atom. The first-order valence-corrected chi connectivity index (χ1v) is 7.53. The predicted octanol–water partition coefficient (Wildman–Crippen LogP) is 2.12. The van der Waals surface area contributed by atoms with Crippen LogP contribution in [0.3, 0.4) is 0 Å². The van der Waals surface area contributed by atoms with Crippen LogP contribution in [0.2, 0.25) is 0 Å². The largest absolute Gasteiger partial charge is 0.481 e. The van der Waals surface area contributed by atoms with Crippen molar-refractivity contribution in [2.24, 2.45) is 5.92 Å². The van der Waals surface area contributed by atoms with E-state index in [2.05, 4.69) is 4.98 Å². The summed E-state index contributed by atoms with van der Waals surface area (Å²) in [7, 11) is 0. The van der Waals surface area contributed by atoms with E-state index in [1.54, 1.807) is 12.4 Å². The molecule has 5 heteroatoms. The minimum atomic E-state index is -0.731. The van der Waals surface area contributed by atoms with Gasteiger partial charge in [0.05, 0.1) is 0 Å². The lowest BCUT2D eigenvalue weighted by Crippen LogP contribution is -2.38. The van der Waals surface area contributed by atoms with Crippen molar-refractivity contribution >= 4 is 11.9 Å². The molecule has 1 aliphatic rings. The van der Waals surface area contributed by atoms with Gasteiger partial charge in [-0.2, -0.15) is 0 Å². The Balaban J connectivity index is 1.69. The molecule has 21 heavy (non-hydrogen) atoms. The lowest BCUT2D eigenvalue weighted by molar-refractivity contribution is -0.138. The Hall–Kier alpha value is -1.91. The van der Waals surface area contributed by atoms with Crippen LogP contribution in [-0.2, 0) is 16.0 Å². The van der Waals surface area contributed by atoms with Crippen molar-refractivity contribution < 1.29 is 14.7 Å². The Labute approximate surface area is 125 Å². The van der Waals surface area contributed by atoms with E-state index in [1.807, 2.05) is 17.0 Å². The number of pyridine rings is 1. The number of nitrogens with zero attached hydrogens (tertiary/aromatic N) is 2. The number of hydrogen-bond acceptors (Lipinski definition) is 3. The van der Waals surface area contributed by atoms with Gasteiger partial charge in [0, 0.05) is 38.3 Å². The highest BCUT2D eigenvalue weighted by molar-refractivity contribution is 5.76. The predicted molar refractivity (Wildman–Crippen MR) is 78.7 cm³/mol. The second-order valence-corrected chi connectivity index (χ2v) is 5.61. The molecule has 1 amide bonds. The number of rotatable bonds is 6. The fourth-order valence-electron chi connectivity index (χ4n) is 2.76. The van der Waals surface area contributed by atoms with Crippen LogP contribution >= 0.6 is 0 Å². The summed E-state index contributed by atoms with van der Waals surface area (Å²) in [5.74, 6) is -0.0836. The molecule has 114 valence electrons. The van der Waals surface area contributed by atoms with Gasteiger partial charge >= 0.3 is 5.97 Å². The van der Waals surface area contributed by atoms with Crippen LogP contribution in [-0.4, -0.2) is 40.0 Å². The van der Waals surface area contributed by atoms with Gasteiger partial charge in [-0.3, -0.25) is 14.6 Å². The lowest BCUT2D eigenvalue weighted by Gasteiger charge is -2.32. The first kappa shape index (κ1) is 15.5. The maximum absolute atomic E-state index is 12.2. The van der Waals surface area contributed by atoms with E-state index in [9.17, 15) is 9.59 Å². The second kappa shape index (κ2) is 7.76. The van der Waals surface area contributed by atoms with E-state index < -0.39 is 5.97 Å². The van der Waals surface area contributed by atoms with Gasteiger partial charge in [0.15, 0.2) is 0 Å². The number of piperidine rings is 1. The monoisotopic (exact) mass is 290 g/mol. The first-order chi connectivity index (χ1) is 10.1. The van der Waals surface area contributed by atoms with Crippen molar-refractivity contribution in [1.29, 1.82) is 0 Å². The van der Waals surface area contributed by atoms with Crippen LogP contribution in [0.15, 0.2) is 24.5 Å². The zero-order chi connectivity index (χ0) is 15.1. The molecule has 0 saturated carbocycles. The molecule has 1 aliphatic heterocycles. The topological polar surface area (TPSA) is 70.5 Å². The van der Waals surface area contributed by atoms with E-state index in [4.69, 9.17) is 5.11 Å². The van der Waals surface area contributed by atoms with Crippen LogP contribution in [0.4, 0.5) is 0 Å². The average molecular weight is 290 g/mol. The van der Waals surface area contributed by atoms with E-state index >= 15 is 0 Å². The maximum atomic E-state index is 12.2. The Kier molecular flexibility index (Phi) is 5.72. The Morgan fingerprint density at radius 2 is 1.86 bits per heavy atom. The molecule has 0 radical (unpaired) electrons.